The molecule has 1 saturated carbocycles. The number of nitrogens with two attached hydrogens (primary N) is 1. The van der Waals surface area contributed by atoms with Crippen LogP contribution in [0.2, 0.25) is 19.6 Å². The van der Waals surface area contributed by atoms with Crippen LogP contribution in [-0.2, 0) is 4.43 Å². The first-order valence-electron chi connectivity index (χ1n) is 4.90. The van der Waals surface area contributed by atoms with Crippen LogP contribution in [0.3, 0.4) is 0 Å². The molecule has 2 N–H and O–H groups in total. The molecule has 3 heteroatoms. The Morgan fingerprint density at radius 2 is 1.58 bits per heavy atom. The quantitative estimate of drug-likeness (QED) is 0.532. The Balaban J connectivity index is 2.47. The summed E-state index contributed by atoms with van der Waals surface area (Å²) in [6.07, 6.45) is 5.91. The van der Waals surface area contributed by atoms with E-state index < -0.39 is 8.32 Å². The summed E-state index contributed by atoms with van der Waals surface area (Å²) in [7, 11) is -1.44. The van der Waals surface area contributed by atoms with E-state index in [2.05, 4.69) is 19.6 Å². The van der Waals surface area contributed by atoms with E-state index in [-0.39, 0.29) is 5.72 Å². The van der Waals surface area contributed by atoms with Gasteiger partial charge in [0.05, 0.1) is 0 Å². The molecule has 0 unspecified atom stereocenters. The predicted octanol–water partition coefficient (Wildman–Crippen LogP) is 2.46. The zero-order valence-electron chi connectivity index (χ0n) is 8.52. The van der Waals surface area contributed by atoms with Crippen LogP contribution in [0.4, 0.5) is 0 Å². The largest absolute Gasteiger partial charge is 0.400 e. The third-order valence-electron chi connectivity index (χ3n) is 2.21. The molecule has 0 bridgehead atoms. The van der Waals surface area contributed by atoms with Gasteiger partial charge in [0.15, 0.2) is 8.32 Å². The fourth-order valence-electron chi connectivity index (χ4n) is 1.86. The maximum atomic E-state index is 6.16. The van der Waals surface area contributed by atoms with Gasteiger partial charge in [0.25, 0.3) is 0 Å². The van der Waals surface area contributed by atoms with Crippen LogP contribution in [0.15, 0.2) is 0 Å². The van der Waals surface area contributed by atoms with E-state index in [1.807, 2.05) is 0 Å². The second-order valence-corrected chi connectivity index (χ2v) is 9.27. The van der Waals surface area contributed by atoms with E-state index in [4.69, 9.17) is 10.2 Å². The van der Waals surface area contributed by atoms with Gasteiger partial charge in [-0.15, -0.1) is 0 Å². The molecule has 0 aliphatic heterocycles. The van der Waals surface area contributed by atoms with Crippen LogP contribution >= 0.6 is 0 Å². The summed E-state index contributed by atoms with van der Waals surface area (Å²) in [6, 6.07) is 0. The highest BCUT2D eigenvalue weighted by molar-refractivity contribution is 6.69. The van der Waals surface area contributed by atoms with Gasteiger partial charge >= 0.3 is 0 Å². The van der Waals surface area contributed by atoms with E-state index >= 15 is 0 Å². The molecule has 1 rings (SSSR count). The average Bonchev–Trinajstić information content (AvgIpc) is 1.83. The third kappa shape index (κ3) is 3.25. The molecule has 12 heavy (non-hydrogen) atoms. The molecule has 1 aliphatic rings. The Hall–Kier alpha value is 0.137. The highest BCUT2D eigenvalue weighted by atomic mass is 28.4. The van der Waals surface area contributed by atoms with E-state index in [0.29, 0.717) is 0 Å². The Labute approximate surface area is 76.6 Å². The molecule has 0 heterocycles. The minimum absolute atomic E-state index is 0.275. The molecule has 1 aliphatic carbocycles. The first-order chi connectivity index (χ1) is 5.41. The van der Waals surface area contributed by atoms with Crippen molar-refractivity contribution in [3.63, 3.8) is 0 Å². The van der Waals surface area contributed by atoms with Crippen LogP contribution in [0, 0.1) is 0 Å². The molecule has 0 aromatic rings. The summed E-state index contributed by atoms with van der Waals surface area (Å²) in [5.41, 5.74) is 5.88. The zero-order chi connectivity index (χ0) is 9.24. The molecule has 2 nitrogen and oxygen atoms in total. The van der Waals surface area contributed by atoms with Gasteiger partial charge < -0.3 is 10.2 Å². The summed E-state index contributed by atoms with van der Waals surface area (Å²) in [5, 5.41) is 0. The molecule has 0 aromatic carbocycles. The normalized spacial score (nSPS) is 24.0. The van der Waals surface area contributed by atoms with Crippen molar-refractivity contribution in [2.75, 3.05) is 0 Å². The van der Waals surface area contributed by atoms with Gasteiger partial charge in [-0.1, -0.05) is 6.42 Å². The molecule has 1 fully saturated rings. The molecular formula is C9H21NOSi. The summed E-state index contributed by atoms with van der Waals surface area (Å²) in [4.78, 5) is 0. The number of hydrogen-bond acceptors (Lipinski definition) is 2. The average molecular weight is 187 g/mol. The molecule has 0 saturated heterocycles. The Morgan fingerprint density at radius 1 is 1.08 bits per heavy atom. The van der Waals surface area contributed by atoms with Crippen LogP contribution in [0.1, 0.15) is 32.1 Å². The standard InChI is InChI=1S/C9H21NOSi/c1-12(2,3)11-9(10)7-5-4-6-8-9/h4-8,10H2,1-3H3. The molecule has 0 aromatic heterocycles. The van der Waals surface area contributed by atoms with Crippen LogP contribution in [0.5, 0.6) is 0 Å². The molecule has 0 radical (unpaired) electrons. The first kappa shape index (κ1) is 10.2. The third-order valence-corrected chi connectivity index (χ3v) is 3.23. The van der Waals surface area contributed by atoms with Crippen LogP contribution in [-0.4, -0.2) is 14.0 Å². The lowest BCUT2D eigenvalue weighted by Gasteiger charge is -2.38. The molecule has 0 spiro atoms. The predicted molar refractivity (Wildman–Crippen MR) is 54.4 cm³/mol. The van der Waals surface area contributed by atoms with Crippen molar-refractivity contribution in [3.8, 4) is 0 Å². The van der Waals surface area contributed by atoms with Crippen molar-refractivity contribution in [3.05, 3.63) is 0 Å². The number of hydrogen-bond donors (Lipinski definition) is 1. The maximum Gasteiger partial charge on any atom is 0.186 e. The maximum absolute atomic E-state index is 6.16. The Kier molecular flexibility index (Phi) is 2.96. The molecular weight excluding hydrogens is 166 g/mol. The Bertz CT molecular complexity index is 147. The van der Waals surface area contributed by atoms with Crippen LogP contribution in [0.25, 0.3) is 0 Å². The first-order valence-corrected chi connectivity index (χ1v) is 8.31. The van der Waals surface area contributed by atoms with Crippen molar-refractivity contribution in [2.45, 2.75) is 57.5 Å². The SMILES string of the molecule is C[Si](C)(C)OC1(N)CCCCC1. The topological polar surface area (TPSA) is 35.2 Å². The molecule has 0 atom stereocenters. The van der Waals surface area contributed by atoms with Gasteiger partial charge in [0, 0.05) is 0 Å². The van der Waals surface area contributed by atoms with Crippen molar-refractivity contribution >= 4 is 8.32 Å². The lowest BCUT2D eigenvalue weighted by Crippen LogP contribution is -2.50. The lowest BCUT2D eigenvalue weighted by molar-refractivity contribution is 0.0289. The smallest absolute Gasteiger partial charge is 0.186 e. The monoisotopic (exact) mass is 187 g/mol. The van der Waals surface area contributed by atoms with Gasteiger partial charge in [-0.2, -0.15) is 0 Å². The highest BCUT2D eigenvalue weighted by Gasteiger charge is 2.33. The van der Waals surface area contributed by atoms with Gasteiger partial charge in [0.2, 0.25) is 0 Å². The van der Waals surface area contributed by atoms with Gasteiger partial charge in [-0.05, 0) is 45.3 Å². The van der Waals surface area contributed by atoms with E-state index in [1.165, 1.54) is 19.3 Å². The highest BCUT2D eigenvalue weighted by Crippen LogP contribution is 2.29. The van der Waals surface area contributed by atoms with E-state index in [0.717, 1.165) is 12.8 Å². The fourth-order valence-corrected chi connectivity index (χ4v) is 3.29. The van der Waals surface area contributed by atoms with Crippen molar-refractivity contribution < 1.29 is 4.43 Å². The molecule has 0 amide bonds. The minimum atomic E-state index is -1.44. The van der Waals surface area contributed by atoms with Gasteiger partial charge in [-0.3, -0.25) is 0 Å². The van der Waals surface area contributed by atoms with Crippen molar-refractivity contribution in [2.24, 2.45) is 5.73 Å². The van der Waals surface area contributed by atoms with Gasteiger partial charge in [-0.25, -0.2) is 0 Å². The number of rotatable bonds is 2. The Morgan fingerprint density at radius 3 is 2.00 bits per heavy atom. The summed E-state index contributed by atoms with van der Waals surface area (Å²) in [5.74, 6) is 0. The molecule has 72 valence electrons. The second-order valence-electron chi connectivity index (χ2n) is 4.84. The fraction of sp³-hybridized carbons (Fsp3) is 1.00. The van der Waals surface area contributed by atoms with Crippen molar-refractivity contribution in [1.29, 1.82) is 0 Å². The summed E-state index contributed by atoms with van der Waals surface area (Å²) < 4.78 is 5.98. The van der Waals surface area contributed by atoms with Crippen LogP contribution < -0.4 is 5.73 Å². The zero-order valence-corrected chi connectivity index (χ0v) is 9.52. The van der Waals surface area contributed by atoms with Crippen molar-refractivity contribution in [1.82, 2.24) is 0 Å². The lowest BCUT2D eigenvalue weighted by atomic mass is 9.93. The van der Waals surface area contributed by atoms with E-state index in [1.54, 1.807) is 0 Å². The second kappa shape index (κ2) is 3.48. The van der Waals surface area contributed by atoms with Gasteiger partial charge in [0.1, 0.15) is 5.72 Å². The van der Waals surface area contributed by atoms with E-state index in [9.17, 15) is 0 Å². The minimum Gasteiger partial charge on any atom is -0.400 e. The summed E-state index contributed by atoms with van der Waals surface area (Å²) >= 11 is 0. The summed E-state index contributed by atoms with van der Waals surface area (Å²) in [6.45, 7) is 6.61.